The molecule has 0 saturated carbocycles. The van der Waals surface area contributed by atoms with Gasteiger partial charge >= 0.3 is 0 Å². The first-order valence-electron chi connectivity index (χ1n) is 7.24. The molecular formula is C17H15BrN4S2. The van der Waals surface area contributed by atoms with Crippen molar-refractivity contribution in [1.29, 1.82) is 0 Å². The standard InChI is InChI=1S/C17H15BrN4S2/c1-11-4-2-3-5-14(11)20-16(23)21-22-15(10-19-17(22)24)12-6-8-13(18)9-7-12/h2-10H,1H3,(H,19,24)(H2,20,21,23). The average Bonchev–Trinajstić information content (AvgIpc) is 2.91. The third kappa shape index (κ3) is 3.75. The first kappa shape index (κ1) is 16.9. The zero-order valence-electron chi connectivity index (χ0n) is 12.8. The molecule has 0 fully saturated rings. The van der Waals surface area contributed by atoms with Crippen LogP contribution in [0.15, 0.2) is 59.2 Å². The minimum Gasteiger partial charge on any atom is -0.335 e. The highest BCUT2D eigenvalue weighted by atomic mass is 79.9. The number of thiocarbonyl (C=S) groups is 1. The molecule has 0 radical (unpaired) electrons. The quantitative estimate of drug-likeness (QED) is 0.509. The van der Waals surface area contributed by atoms with Gasteiger partial charge < -0.3 is 10.3 Å². The van der Waals surface area contributed by atoms with Gasteiger partial charge in [0.15, 0.2) is 9.88 Å². The maximum absolute atomic E-state index is 5.42. The van der Waals surface area contributed by atoms with E-state index in [9.17, 15) is 0 Å². The number of rotatable bonds is 3. The Kier molecular flexibility index (Phi) is 5.13. The SMILES string of the molecule is Cc1ccccc1NC(=S)Nn1c(-c2ccc(Br)cc2)c[nH]c1=S. The van der Waals surface area contributed by atoms with Gasteiger partial charge in [0.25, 0.3) is 0 Å². The van der Waals surface area contributed by atoms with Crippen LogP contribution in [0, 0.1) is 11.7 Å². The Labute approximate surface area is 159 Å². The zero-order valence-corrected chi connectivity index (χ0v) is 16.1. The zero-order chi connectivity index (χ0) is 17.1. The number of para-hydroxylation sites is 1. The van der Waals surface area contributed by atoms with Crippen LogP contribution in [0.25, 0.3) is 11.3 Å². The van der Waals surface area contributed by atoms with E-state index in [1.807, 2.05) is 61.7 Å². The monoisotopic (exact) mass is 418 g/mol. The van der Waals surface area contributed by atoms with Gasteiger partial charge in [0, 0.05) is 21.9 Å². The highest BCUT2D eigenvalue weighted by molar-refractivity contribution is 9.10. The molecule has 0 saturated heterocycles. The van der Waals surface area contributed by atoms with E-state index in [0.717, 1.165) is 27.0 Å². The second-order valence-corrected chi connectivity index (χ2v) is 6.91. The average molecular weight is 419 g/mol. The summed E-state index contributed by atoms with van der Waals surface area (Å²) in [5, 5.41) is 3.67. The summed E-state index contributed by atoms with van der Waals surface area (Å²) in [7, 11) is 0. The lowest BCUT2D eigenvalue weighted by Crippen LogP contribution is -2.28. The number of nitrogens with zero attached hydrogens (tertiary/aromatic N) is 1. The summed E-state index contributed by atoms with van der Waals surface area (Å²) >= 11 is 14.2. The molecule has 7 heteroatoms. The van der Waals surface area contributed by atoms with Gasteiger partial charge in [-0.15, -0.1) is 0 Å². The summed E-state index contributed by atoms with van der Waals surface area (Å²) in [5.74, 6) is 0. The molecule has 0 aliphatic heterocycles. The van der Waals surface area contributed by atoms with E-state index in [1.54, 1.807) is 4.68 Å². The van der Waals surface area contributed by atoms with Gasteiger partial charge in [-0.3, -0.25) is 5.43 Å². The summed E-state index contributed by atoms with van der Waals surface area (Å²) in [6, 6.07) is 16.0. The summed E-state index contributed by atoms with van der Waals surface area (Å²) in [4.78, 5) is 3.05. The molecule has 3 rings (SSSR count). The molecule has 0 spiro atoms. The number of aromatic amines is 1. The van der Waals surface area contributed by atoms with E-state index in [2.05, 4.69) is 31.7 Å². The number of anilines is 1. The number of imidazole rings is 1. The van der Waals surface area contributed by atoms with Gasteiger partial charge in [-0.2, -0.15) is 0 Å². The third-order valence-corrected chi connectivity index (χ3v) is 4.55. The molecule has 0 aliphatic carbocycles. The largest absolute Gasteiger partial charge is 0.335 e. The van der Waals surface area contributed by atoms with Crippen molar-refractivity contribution < 1.29 is 0 Å². The molecule has 0 unspecified atom stereocenters. The van der Waals surface area contributed by atoms with Gasteiger partial charge in [0.05, 0.1) is 5.69 Å². The molecule has 0 atom stereocenters. The number of halogens is 1. The number of aryl methyl sites for hydroxylation is 1. The van der Waals surface area contributed by atoms with Crippen LogP contribution in [0.2, 0.25) is 0 Å². The highest BCUT2D eigenvalue weighted by Crippen LogP contribution is 2.21. The molecule has 1 heterocycles. The number of hydrogen-bond donors (Lipinski definition) is 3. The maximum Gasteiger partial charge on any atom is 0.196 e. The lowest BCUT2D eigenvalue weighted by atomic mass is 10.2. The molecule has 122 valence electrons. The Balaban J connectivity index is 1.84. The molecule has 2 aromatic carbocycles. The first-order valence-corrected chi connectivity index (χ1v) is 8.85. The number of hydrogen-bond acceptors (Lipinski definition) is 2. The number of H-pyrrole nitrogens is 1. The lowest BCUT2D eigenvalue weighted by Gasteiger charge is -2.15. The molecule has 4 nitrogen and oxygen atoms in total. The maximum atomic E-state index is 5.42. The second-order valence-electron chi connectivity index (χ2n) is 5.20. The van der Waals surface area contributed by atoms with E-state index < -0.39 is 0 Å². The smallest absolute Gasteiger partial charge is 0.196 e. The Morgan fingerprint density at radius 3 is 2.54 bits per heavy atom. The van der Waals surface area contributed by atoms with Gasteiger partial charge in [0.1, 0.15) is 0 Å². The van der Waals surface area contributed by atoms with Crippen molar-refractivity contribution in [2.45, 2.75) is 6.92 Å². The van der Waals surface area contributed by atoms with Crippen LogP contribution < -0.4 is 10.7 Å². The van der Waals surface area contributed by atoms with Crippen LogP contribution in [0.5, 0.6) is 0 Å². The van der Waals surface area contributed by atoms with E-state index in [-0.39, 0.29) is 0 Å². The summed E-state index contributed by atoms with van der Waals surface area (Å²) < 4.78 is 3.32. The fourth-order valence-electron chi connectivity index (χ4n) is 2.28. The van der Waals surface area contributed by atoms with Gasteiger partial charge in [-0.1, -0.05) is 46.3 Å². The van der Waals surface area contributed by atoms with Crippen LogP contribution in [0.3, 0.4) is 0 Å². The van der Waals surface area contributed by atoms with Crippen molar-refractivity contribution in [2.24, 2.45) is 0 Å². The predicted molar refractivity (Wildman–Crippen MR) is 110 cm³/mol. The lowest BCUT2D eigenvalue weighted by molar-refractivity contribution is 0.962. The van der Waals surface area contributed by atoms with E-state index in [1.165, 1.54) is 0 Å². The Bertz CT molecular complexity index is 928. The first-order chi connectivity index (χ1) is 11.5. The molecule has 0 amide bonds. The molecule has 24 heavy (non-hydrogen) atoms. The van der Waals surface area contributed by atoms with E-state index in [4.69, 9.17) is 24.4 Å². The molecule has 1 aromatic heterocycles. The van der Waals surface area contributed by atoms with Crippen molar-refractivity contribution in [3.8, 4) is 11.3 Å². The fourth-order valence-corrected chi connectivity index (χ4v) is 2.95. The second kappa shape index (κ2) is 7.29. The van der Waals surface area contributed by atoms with Crippen molar-refractivity contribution in [3.05, 3.63) is 69.5 Å². The minimum atomic E-state index is 0.471. The van der Waals surface area contributed by atoms with Crippen molar-refractivity contribution in [3.63, 3.8) is 0 Å². The molecule has 3 aromatic rings. The van der Waals surface area contributed by atoms with Gasteiger partial charge in [0.2, 0.25) is 0 Å². The Hall–Kier alpha value is -1.96. The van der Waals surface area contributed by atoms with Crippen LogP contribution >= 0.6 is 40.4 Å². The molecular weight excluding hydrogens is 404 g/mol. The highest BCUT2D eigenvalue weighted by Gasteiger charge is 2.09. The summed E-state index contributed by atoms with van der Waals surface area (Å²) in [5.41, 5.74) is 7.14. The number of nitrogens with one attached hydrogen (secondary N) is 3. The summed E-state index contributed by atoms with van der Waals surface area (Å²) in [6.07, 6.45) is 1.86. The Morgan fingerprint density at radius 2 is 1.83 bits per heavy atom. The van der Waals surface area contributed by atoms with Gasteiger partial charge in [-0.05, 0) is 55.1 Å². The van der Waals surface area contributed by atoms with E-state index >= 15 is 0 Å². The van der Waals surface area contributed by atoms with Crippen molar-refractivity contribution in [2.75, 3.05) is 10.7 Å². The van der Waals surface area contributed by atoms with Crippen LogP contribution in [-0.4, -0.2) is 14.8 Å². The van der Waals surface area contributed by atoms with Crippen LogP contribution in [-0.2, 0) is 0 Å². The van der Waals surface area contributed by atoms with Crippen LogP contribution in [0.1, 0.15) is 5.56 Å². The van der Waals surface area contributed by atoms with E-state index in [0.29, 0.717) is 9.88 Å². The normalized spacial score (nSPS) is 10.4. The van der Waals surface area contributed by atoms with Crippen LogP contribution in [0.4, 0.5) is 5.69 Å². The fraction of sp³-hybridized carbons (Fsp3) is 0.0588. The molecule has 0 bridgehead atoms. The third-order valence-electron chi connectivity index (χ3n) is 3.52. The number of benzene rings is 2. The Morgan fingerprint density at radius 1 is 1.12 bits per heavy atom. The minimum absolute atomic E-state index is 0.471. The topological polar surface area (TPSA) is 44.8 Å². The predicted octanol–water partition coefficient (Wildman–Crippen LogP) is 5.22. The molecule has 3 N–H and O–H groups in total. The van der Waals surface area contributed by atoms with Gasteiger partial charge in [-0.25, -0.2) is 4.68 Å². The van der Waals surface area contributed by atoms with Crippen molar-refractivity contribution in [1.82, 2.24) is 9.66 Å². The number of aromatic nitrogens is 2. The summed E-state index contributed by atoms with van der Waals surface area (Å²) in [6.45, 7) is 2.03. The molecule has 0 aliphatic rings. The van der Waals surface area contributed by atoms with Crippen molar-refractivity contribution >= 4 is 51.2 Å².